The van der Waals surface area contributed by atoms with Gasteiger partial charge in [-0.05, 0) is 0 Å². The fraction of sp³-hybridized carbons (Fsp3) is 0.625. The van der Waals surface area contributed by atoms with Gasteiger partial charge in [0.1, 0.15) is 0 Å². The fourth-order valence-electron chi connectivity index (χ4n) is 1.88. The van der Waals surface area contributed by atoms with Gasteiger partial charge in [-0.25, -0.2) is 8.42 Å². The zero-order chi connectivity index (χ0) is 13.7. The second-order valence-corrected chi connectivity index (χ2v) is 6.87. The van der Waals surface area contributed by atoms with Crippen molar-refractivity contribution in [3.8, 4) is 0 Å². The molecule has 0 saturated carbocycles. The average Bonchev–Trinajstić information content (AvgIpc) is 2.49. The van der Waals surface area contributed by atoms with Crippen molar-refractivity contribution in [2.24, 2.45) is 0 Å². The molecule has 0 radical (unpaired) electrons. The average molecular weight is 395 g/mol. The molecule has 0 bridgehead atoms. The smallest absolute Gasteiger partial charge is 0.212 e. The molecule has 1 aromatic rings. The molecule has 2 rings (SSSR count). The molecule has 0 unspecified atom stereocenters. The van der Waals surface area contributed by atoms with Crippen LogP contribution in [0.4, 0.5) is 13.2 Å². The number of sulfonamides is 1. The molecule has 0 amide bonds. The zero-order valence-corrected chi connectivity index (χ0v) is 12.2. The number of hydrogen-bond acceptors (Lipinski definition) is 3. The van der Waals surface area contributed by atoms with Crippen molar-refractivity contribution in [2.45, 2.75) is 19.1 Å². The summed E-state index contributed by atoms with van der Waals surface area (Å²) in [6, 6.07) is 0. The van der Waals surface area contributed by atoms with Gasteiger partial charge in [0.25, 0.3) is 0 Å². The van der Waals surface area contributed by atoms with Crippen LogP contribution in [0.3, 0.4) is 0 Å². The van der Waals surface area contributed by atoms with Crippen LogP contribution in [0.5, 0.6) is 0 Å². The van der Waals surface area contributed by atoms with E-state index in [4.69, 9.17) is 0 Å². The molecular formula is C8H9F3IN3O2S. The van der Waals surface area contributed by atoms with Gasteiger partial charge in [-0.3, -0.25) is 0 Å². The minimum Gasteiger partial charge on any atom is -0.212 e. The molecule has 0 aromatic carbocycles. The van der Waals surface area contributed by atoms with Gasteiger partial charge in [0.05, 0.1) is 34.8 Å². The van der Waals surface area contributed by atoms with Gasteiger partial charge in [-0.2, -0.15) is 25.5 Å². The van der Waals surface area contributed by atoms with E-state index >= 15 is 0 Å². The van der Waals surface area contributed by atoms with E-state index in [1.54, 1.807) is 0 Å². The van der Waals surface area contributed by atoms with Gasteiger partial charge in [-0.1, -0.05) is 0 Å². The molecule has 102 valence electrons. The van der Waals surface area contributed by atoms with Crippen molar-refractivity contribution < 1.29 is 21.6 Å². The quantitative estimate of drug-likeness (QED) is 0.677. The highest BCUT2D eigenvalue weighted by Crippen LogP contribution is 2.37. The van der Waals surface area contributed by atoms with Crippen LogP contribution in [-0.2, 0) is 29.2 Å². The maximum atomic E-state index is 12.9. The Hall–Kier alpha value is -0.360. The topological polar surface area (TPSA) is 55.2 Å². The third kappa shape index (κ3) is 2.50. The van der Waals surface area contributed by atoms with E-state index in [1.165, 1.54) is 22.9 Å². The first-order valence-electron chi connectivity index (χ1n) is 4.90. The largest absolute Gasteiger partial charge is 0.434 e. The standard InChI is InChI=1S/C8H9F3IN3O2S/c1-18(16,17)14-3-2-6-5(4-14)7(8(9,10)11)15(12)13-6/h2-4H2,1H3. The Balaban J connectivity index is 2.49. The molecule has 5 nitrogen and oxygen atoms in total. The van der Waals surface area contributed by atoms with Gasteiger partial charge in [-0.15, -0.1) is 0 Å². The van der Waals surface area contributed by atoms with Crippen molar-refractivity contribution in [3.05, 3.63) is 17.0 Å². The summed E-state index contributed by atoms with van der Waals surface area (Å²) in [6.45, 7) is -0.108. The molecule has 0 aliphatic carbocycles. The highest BCUT2D eigenvalue weighted by Gasteiger charge is 2.41. The van der Waals surface area contributed by atoms with Crippen molar-refractivity contribution in [1.29, 1.82) is 0 Å². The Kier molecular flexibility index (Phi) is 3.39. The normalized spacial score (nSPS) is 17.8. The first-order chi connectivity index (χ1) is 8.10. The second kappa shape index (κ2) is 4.34. The van der Waals surface area contributed by atoms with Crippen molar-refractivity contribution in [3.63, 3.8) is 0 Å². The monoisotopic (exact) mass is 395 g/mol. The van der Waals surface area contributed by atoms with Crippen LogP contribution < -0.4 is 0 Å². The lowest BCUT2D eigenvalue weighted by molar-refractivity contribution is -0.142. The van der Waals surface area contributed by atoms with Gasteiger partial charge in [0.2, 0.25) is 10.0 Å². The molecule has 18 heavy (non-hydrogen) atoms. The Labute approximate surface area is 115 Å². The minimum absolute atomic E-state index is 0.0476. The summed E-state index contributed by atoms with van der Waals surface area (Å²) in [5, 5.41) is 3.80. The summed E-state index contributed by atoms with van der Waals surface area (Å²) >= 11 is 1.45. The van der Waals surface area contributed by atoms with E-state index < -0.39 is 21.9 Å². The second-order valence-electron chi connectivity index (χ2n) is 3.98. The van der Waals surface area contributed by atoms with E-state index in [2.05, 4.69) is 5.10 Å². The summed E-state index contributed by atoms with van der Waals surface area (Å²) in [4.78, 5) is 0. The number of halogens is 4. The maximum Gasteiger partial charge on any atom is 0.434 e. The summed E-state index contributed by atoms with van der Waals surface area (Å²) in [7, 11) is -3.50. The van der Waals surface area contributed by atoms with Gasteiger partial charge in [0, 0.05) is 25.1 Å². The molecule has 0 spiro atoms. The van der Waals surface area contributed by atoms with Gasteiger partial charge >= 0.3 is 6.18 Å². The van der Waals surface area contributed by atoms with Crippen LogP contribution in [0.1, 0.15) is 17.0 Å². The third-order valence-electron chi connectivity index (χ3n) is 2.70. The summed E-state index contributed by atoms with van der Waals surface area (Å²) in [5.41, 5.74) is -0.614. The molecule has 0 N–H and O–H groups in total. The number of fused-ring (bicyclic) bond motifs is 1. The minimum atomic E-state index is -4.54. The fourth-order valence-corrected chi connectivity index (χ4v) is 3.49. The van der Waals surface area contributed by atoms with E-state index in [1.807, 2.05) is 0 Å². The predicted octanol–water partition coefficient (Wildman–Crippen LogP) is 1.42. The first-order valence-corrected chi connectivity index (χ1v) is 7.71. The molecular weight excluding hydrogens is 386 g/mol. The highest BCUT2D eigenvalue weighted by molar-refractivity contribution is 14.1. The lowest BCUT2D eigenvalue weighted by Crippen LogP contribution is -2.35. The van der Waals surface area contributed by atoms with Crippen LogP contribution >= 0.6 is 22.9 Å². The zero-order valence-electron chi connectivity index (χ0n) is 9.20. The Morgan fingerprint density at radius 2 is 2.00 bits per heavy atom. The van der Waals surface area contributed by atoms with Gasteiger partial charge in [0.15, 0.2) is 5.69 Å². The van der Waals surface area contributed by atoms with Crippen molar-refractivity contribution >= 4 is 32.9 Å². The first kappa shape index (κ1) is 14.1. The summed E-state index contributed by atoms with van der Waals surface area (Å²) < 4.78 is 63.1. The van der Waals surface area contributed by atoms with E-state index in [9.17, 15) is 21.6 Å². The Morgan fingerprint density at radius 1 is 1.39 bits per heavy atom. The lowest BCUT2D eigenvalue weighted by Gasteiger charge is -2.24. The number of rotatable bonds is 1. The molecule has 2 heterocycles. The molecule has 10 heteroatoms. The number of alkyl halides is 3. The van der Waals surface area contributed by atoms with Gasteiger partial charge < -0.3 is 0 Å². The number of hydrogen-bond donors (Lipinski definition) is 0. The van der Waals surface area contributed by atoms with E-state index in [0.717, 1.165) is 13.5 Å². The number of aromatic nitrogens is 2. The number of nitrogens with zero attached hydrogens (tertiary/aromatic N) is 3. The molecule has 1 aliphatic rings. The van der Waals surface area contributed by atoms with Crippen LogP contribution in [0.25, 0.3) is 0 Å². The Morgan fingerprint density at radius 3 is 2.50 bits per heavy atom. The van der Waals surface area contributed by atoms with Crippen LogP contribution in [0, 0.1) is 0 Å². The van der Waals surface area contributed by atoms with E-state index in [0.29, 0.717) is 5.69 Å². The highest BCUT2D eigenvalue weighted by atomic mass is 127. The molecule has 0 atom stereocenters. The summed E-state index contributed by atoms with van der Waals surface area (Å²) in [5.74, 6) is 0. The molecule has 0 saturated heterocycles. The maximum absolute atomic E-state index is 12.9. The van der Waals surface area contributed by atoms with Crippen LogP contribution in [-0.4, -0.2) is 33.5 Å². The Bertz CT molecular complexity index is 581. The SMILES string of the molecule is CS(=O)(=O)N1CCc2nn(I)c(C(F)(F)F)c2C1. The van der Waals surface area contributed by atoms with Crippen LogP contribution in [0.2, 0.25) is 0 Å². The lowest BCUT2D eigenvalue weighted by atomic mass is 10.1. The molecule has 1 aromatic heterocycles. The molecule has 0 fully saturated rings. The van der Waals surface area contributed by atoms with Crippen molar-refractivity contribution in [1.82, 2.24) is 12.3 Å². The third-order valence-corrected chi connectivity index (χ3v) is 4.65. The van der Waals surface area contributed by atoms with Crippen LogP contribution in [0.15, 0.2) is 0 Å². The van der Waals surface area contributed by atoms with Crippen molar-refractivity contribution in [2.75, 3.05) is 12.8 Å². The van der Waals surface area contributed by atoms with E-state index in [-0.39, 0.29) is 25.1 Å². The summed E-state index contributed by atoms with van der Waals surface area (Å²) in [6.07, 6.45) is -3.36. The predicted molar refractivity (Wildman–Crippen MR) is 65.6 cm³/mol. The molecule has 1 aliphatic heterocycles.